The van der Waals surface area contributed by atoms with Gasteiger partial charge in [0, 0.05) is 0 Å². The van der Waals surface area contributed by atoms with Crippen LogP contribution >= 0.6 is 0 Å². The number of rotatable bonds is 1. The van der Waals surface area contributed by atoms with E-state index in [1.807, 2.05) is 0 Å². The monoisotopic (exact) mass is 262 g/mol. The van der Waals surface area contributed by atoms with E-state index in [0.29, 0.717) is 5.92 Å². The molecule has 1 heteroatoms. The second kappa shape index (κ2) is 6.52. The molecule has 0 aliphatic carbocycles. The first-order valence-corrected chi connectivity index (χ1v) is 7.12. The Morgan fingerprint density at radius 3 is 1.83 bits per heavy atom. The topological polar surface area (TPSA) is 0 Å². The van der Waals surface area contributed by atoms with Crippen LogP contribution in [0.2, 0.25) is 0 Å². The standard InChI is InChI=1S/C10H14.CH2.Cd/c1-8(2)10-6-4-9(3)5-7-10;;/h4-8H,1-3H3;1H2;. The van der Waals surface area contributed by atoms with Crippen molar-refractivity contribution in [2.75, 3.05) is 0 Å². The molecule has 0 radical (unpaired) electrons. The zero-order valence-electron chi connectivity index (χ0n) is 8.30. The summed E-state index contributed by atoms with van der Waals surface area (Å²) in [7, 11) is 0. The molecule has 1 rings (SSSR count). The number of aryl methyl sites for hydroxylation is 1. The average molecular weight is 261 g/mol. The van der Waals surface area contributed by atoms with E-state index in [1.54, 1.807) is 0 Å². The molecule has 0 unspecified atom stereocenters. The van der Waals surface area contributed by atoms with Crippen LogP contribution < -0.4 is 0 Å². The van der Waals surface area contributed by atoms with E-state index in [2.05, 4.69) is 49.1 Å². The molecule has 12 heavy (non-hydrogen) atoms. The van der Waals surface area contributed by atoms with Crippen molar-refractivity contribution >= 4 is 4.06 Å². The molecular weight excluding hydrogens is 245 g/mol. The number of hydrogen-bond donors (Lipinski definition) is 0. The first-order chi connectivity index (χ1) is 5.70. The third-order valence-corrected chi connectivity index (χ3v) is 1.74. The Morgan fingerprint density at radius 2 is 1.50 bits per heavy atom. The van der Waals surface area contributed by atoms with Gasteiger partial charge in [-0.2, -0.15) is 0 Å². The van der Waals surface area contributed by atoms with Crippen molar-refractivity contribution < 1.29 is 25.3 Å². The molecule has 62 valence electrons. The Labute approximate surface area is 91.2 Å². The van der Waals surface area contributed by atoms with Gasteiger partial charge >= 0.3 is 29.3 Å². The first kappa shape index (κ1) is 12.0. The van der Waals surface area contributed by atoms with E-state index >= 15 is 0 Å². The predicted octanol–water partition coefficient (Wildman–Crippen LogP) is 3.08. The van der Waals surface area contributed by atoms with E-state index in [1.165, 1.54) is 11.1 Å². The maximum absolute atomic E-state index is 3.42. The van der Waals surface area contributed by atoms with Crippen LogP contribution in [0.1, 0.15) is 30.9 Å². The summed E-state index contributed by atoms with van der Waals surface area (Å²) < 4.78 is 3.42. The van der Waals surface area contributed by atoms with Crippen LogP contribution in [0.15, 0.2) is 24.3 Å². The maximum atomic E-state index is 3.42. The number of benzene rings is 1. The summed E-state index contributed by atoms with van der Waals surface area (Å²) >= 11 is 0.900. The van der Waals surface area contributed by atoms with Gasteiger partial charge in [-0.1, -0.05) is 43.7 Å². The Hall–Kier alpha value is 0.0121. The normalized spacial score (nSPS) is 9.17. The van der Waals surface area contributed by atoms with E-state index in [4.69, 9.17) is 0 Å². The molecule has 1 aromatic rings. The van der Waals surface area contributed by atoms with Gasteiger partial charge in [0.25, 0.3) is 0 Å². The fourth-order valence-corrected chi connectivity index (χ4v) is 0.951. The Morgan fingerprint density at radius 1 is 1.08 bits per heavy atom. The van der Waals surface area contributed by atoms with E-state index in [0.717, 1.165) is 25.3 Å². The van der Waals surface area contributed by atoms with Crippen molar-refractivity contribution in [1.29, 1.82) is 0 Å². The third-order valence-electron chi connectivity index (χ3n) is 1.74. The van der Waals surface area contributed by atoms with Gasteiger partial charge in [-0.25, -0.2) is 0 Å². The minimum atomic E-state index is 0.653. The van der Waals surface area contributed by atoms with Crippen molar-refractivity contribution in [2.45, 2.75) is 26.7 Å². The average Bonchev–Trinajstić information content (AvgIpc) is 2.09. The quantitative estimate of drug-likeness (QED) is 0.681. The van der Waals surface area contributed by atoms with Crippen molar-refractivity contribution in [3.05, 3.63) is 35.4 Å². The van der Waals surface area contributed by atoms with Gasteiger partial charge in [0.15, 0.2) is 0 Å². The molecule has 0 aliphatic rings. The van der Waals surface area contributed by atoms with Crippen LogP contribution in [-0.2, 0) is 25.3 Å². The van der Waals surface area contributed by atoms with Crippen LogP contribution in [0.3, 0.4) is 0 Å². The Bertz CT molecular complexity index is 211. The zero-order valence-corrected chi connectivity index (χ0v) is 12.3. The van der Waals surface area contributed by atoms with Gasteiger partial charge in [0.1, 0.15) is 0 Å². The van der Waals surface area contributed by atoms with Gasteiger partial charge < -0.3 is 0 Å². The first-order valence-electron chi connectivity index (χ1n) is 4.26. The molecule has 0 saturated carbocycles. The van der Waals surface area contributed by atoms with Gasteiger partial charge in [0.2, 0.25) is 0 Å². The molecule has 1 aromatic carbocycles. The third kappa shape index (κ3) is 4.14. The molecule has 0 amide bonds. The van der Waals surface area contributed by atoms with E-state index in [-0.39, 0.29) is 0 Å². The summed E-state index contributed by atoms with van der Waals surface area (Å²) in [5.41, 5.74) is 2.76. The molecule has 0 saturated heterocycles. The summed E-state index contributed by atoms with van der Waals surface area (Å²) in [5, 5.41) is 0. The van der Waals surface area contributed by atoms with Gasteiger partial charge in [-0.15, -0.1) is 0 Å². The molecule has 0 atom stereocenters. The minimum absolute atomic E-state index is 0.653. The van der Waals surface area contributed by atoms with Crippen molar-refractivity contribution in [1.82, 2.24) is 0 Å². The summed E-state index contributed by atoms with van der Waals surface area (Å²) in [4.78, 5) is 0. The second-order valence-electron chi connectivity index (χ2n) is 3.07. The molecule has 0 fully saturated rings. The molecule has 0 bridgehead atoms. The van der Waals surface area contributed by atoms with Crippen molar-refractivity contribution in [2.24, 2.45) is 0 Å². The fourth-order valence-electron chi connectivity index (χ4n) is 0.951. The van der Waals surface area contributed by atoms with Gasteiger partial charge in [-0.3, -0.25) is 0 Å². The molecule has 0 aromatic heterocycles. The van der Waals surface area contributed by atoms with E-state index < -0.39 is 0 Å². The van der Waals surface area contributed by atoms with Crippen molar-refractivity contribution in [3.8, 4) is 0 Å². The number of hydrogen-bond acceptors (Lipinski definition) is 0. The van der Waals surface area contributed by atoms with Crippen LogP contribution in [0, 0.1) is 6.92 Å². The summed E-state index contributed by atoms with van der Waals surface area (Å²) in [5.74, 6) is 0.653. The molecule has 0 N–H and O–H groups in total. The fraction of sp³-hybridized carbons (Fsp3) is 0.364. The summed E-state index contributed by atoms with van der Waals surface area (Å²) in [6.45, 7) is 6.54. The van der Waals surface area contributed by atoms with Gasteiger partial charge in [-0.05, 0) is 18.4 Å². The zero-order chi connectivity index (χ0) is 9.56. The van der Waals surface area contributed by atoms with Crippen LogP contribution in [-0.4, -0.2) is 4.06 Å². The van der Waals surface area contributed by atoms with Crippen LogP contribution in [0.4, 0.5) is 0 Å². The second-order valence-corrected chi connectivity index (χ2v) is 3.07. The van der Waals surface area contributed by atoms with E-state index in [9.17, 15) is 0 Å². The van der Waals surface area contributed by atoms with Gasteiger partial charge in [0.05, 0.1) is 0 Å². The molecule has 0 nitrogen and oxygen atoms in total. The Kier molecular flexibility index (Phi) is 6.53. The summed E-state index contributed by atoms with van der Waals surface area (Å²) in [6.07, 6.45) is 0. The van der Waals surface area contributed by atoms with Crippen LogP contribution in [0.25, 0.3) is 0 Å². The van der Waals surface area contributed by atoms with Crippen molar-refractivity contribution in [3.63, 3.8) is 0 Å². The predicted molar refractivity (Wildman–Crippen MR) is 52.4 cm³/mol. The Balaban J connectivity index is 0.000000561. The molecular formula is C11H16Cd. The molecule has 0 spiro atoms. The van der Waals surface area contributed by atoms with Crippen LogP contribution in [0.5, 0.6) is 0 Å². The SMILES string of the molecule is Cc1ccc(C(C)C)cc1.[CH2]=[Cd]. The molecule has 0 heterocycles. The summed E-state index contributed by atoms with van der Waals surface area (Å²) in [6, 6.07) is 8.71. The molecule has 0 aliphatic heterocycles.